The van der Waals surface area contributed by atoms with E-state index in [-0.39, 0.29) is 0 Å². The molecule has 4 heterocycles. The highest BCUT2D eigenvalue weighted by molar-refractivity contribution is 5.47. The quantitative estimate of drug-likeness (QED) is 0.555. The number of fused-ring (bicyclic) bond motifs is 1. The highest BCUT2D eigenvalue weighted by Crippen LogP contribution is 2.36. The van der Waals surface area contributed by atoms with E-state index < -0.39 is 0 Å². The van der Waals surface area contributed by atoms with E-state index in [1.165, 1.54) is 12.8 Å². The number of para-hydroxylation sites is 2. The zero-order chi connectivity index (χ0) is 22.6. The summed E-state index contributed by atoms with van der Waals surface area (Å²) in [5.74, 6) is 3.52. The maximum Gasteiger partial charge on any atom is 0.229 e. The standard InChI is InChI=1S/C26H31N5O2/c1-19-10-15-31(16-11-19)26-28-22-12-14-30(17-20-7-5-6-13-27-20)18-21(22)25(29-26)33-24-9-4-3-8-23(24)32-2/h3-9,13,19H,10-12,14-18H2,1-2H3. The number of hydrogen-bond donors (Lipinski definition) is 0. The van der Waals surface area contributed by atoms with E-state index in [1.807, 2.05) is 42.6 Å². The molecular formula is C26H31N5O2. The average Bonchev–Trinajstić information content (AvgIpc) is 2.85. The Morgan fingerprint density at radius 2 is 1.76 bits per heavy atom. The van der Waals surface area contributed by atoms with Gasteiger partial charge in [-0.2, -0.15) is 4.98 Å². The molecule has 0 aliphatic carbocycles. The van der Waals surface area contributed by atoms with Crippen molar-refractivity contribution in [3.63, 3.8) is 0 Å². The van der Waals surface area contributed by atoms with Gasteiger partial charge in [0.25, 0.3) is 0 Å². The third-order valence-electron chi connectivity index (χ3n) is 6.54. The van der Waals surface area contributed by atoms with E-state index in [0.29, 0.717) is 17.4 Å². The first-order valence-corrected chi connectivity index (χ1v) is 11.8. The molecule has 0 N–H and O–H groups in total. The summed E-state index contributed by atoms with van der Waals surface area (Å²) in [5, 5.41) is 0. The summed E-state index contributed by atoms with van der Waals surface area (Å²) in [6, 6.07) is 13.8. The first-order valence-electron chi connectivity index (χ1n) is 11.8. The third-order valence-corrected chi connectivity index (χ3v) is 6.54. The molecule has 3 aromatic rings. The second-order valence-electron chi connectivity index (χ2n) is 8.96. The maximum absolute atomic E-state index is 6.40. The van der Waals surface area contributed by atoms with E-state index >= 15 is 0 Å². The van der Waals surface area contributed by atoms with Crippen LogP contribution in [0.25, 0.3) is 0 Å². The van der Waals surface area contributed by atoms with Gasteiger partial charge in [-0.25, -0.2) is 4.98 Å². The number of pyridine rings is 1. The Hall–Kier alpha value is -3.19. The molecule has 0 atom stereocenters. The van der Waals surface area contributed by atoms with Gasteiger partial charge in [0.05, 0.1) is 24.1 Å². The van der Waals surface area contributed by atoms with Gasteiger partial charge in [0, 0.05) is 45.3 Å². The highest BCUT2D eigenvalue weighted by Gasteiger charge is 2.27. The number of nitrogens with zero attached hydrogens (tertiary/aromatic N) is 5. The van der Waals surface area contributed by atoms with Crippen LogP contribution in [0.2, 0.25) is 0 Å². The van der Waals surface area contributed by atoms with E-state index in [2.05, 4.69) is 27.8 Å². The second-order valence-corrected chi connectivity index (χ2v) is 8.96. The molecule has 0 spiro atoms. The summed E-state index contributed by atoms with van der Waals surface area (Å²) >= 11 is 0. The summed E-state index contributed by atoms with van der Waals surface area (Å²) in [7, 11) is 1.66. The molecule has 2 aromatic heterocycles. The number of aromatic nitrogens is 3. The van der Waals surface area contributed by atoms with Gasteiger partial charge in [0.2, 0.25) is 11.8 Å². The number of piperidine rings is 1. The van der Waals surface area contributed by atoms with Crippen LogP contribution in [0, 0.1) is 5.92 Å². The summed E-state index contributed by atoms with van der Waals surface area (Å²) in [5.41, 5.74) is 3.20. The minimum absolute atomic E-state index is 0.629. The van der Waals surface area contributed by atoms with Crippen LogP contribution in [0.4, 0.5) is 5.95 Å². The van der Waals surface area contributed by atoms with Gasteiger partial charge in [-0.3, -0.25) is 9.88 Å². The second kappa shape index (κ2) is 9.75. The van der Waals surface area contributed by atoms with Crippen molar-refractivity contribution in [2.75, 3.05) is 31.6 Å². The van der Waals surface area contributed by atoms with E-state index in [9.17, 15) is 0 Å². The van der Waals surface area contributed by atoms with Gasteiger partial charge in [0.1, 0.15) is 0 Å². The fraction of sp³-hybridized carbons (Fsp3) is 0.423. The van der Waals surface area contributed by atoms with Gasteiger partial charge < -0.3 is 14.4 Å². The molecule has 7 heteroatoms. The van der Waals surface area contributed by atoms with Gasteiger partial charge in [0.15, 0.2) is 11.5 Å². The molecule has 1 fully saturated rings. The lowest BCUT2D eigenvalue weighted by atomic mass is 9.99. The molecule has 0 unspecified atom stereocenters. The summed E-state index contributed by atoms with van der Waals surface area (Å²) in [4.78, 5) is 19.1. The monoisotopic (exact) mass is 445 g/mol. The Balaban J connectivity index is 1.47. The van der Waals surface area contributed by atoms with Crippen LogP contribution in [-0.4, -0.2) is 46.6 Å². The number of ether oxygens (including phenoxy) is 2. The Labute approximate surface area is 195 Å². The van der Waals surface area contributed by atoms with Crippen molar-refractivity contribution in [2.24, 2.45) is 5.92 Å². The topological polar surface area (TPSA) is 63.6 Å². The molecular weight excluding hydrogens is 414 g/mol. The molecule has 0 bridgehead atoms. The van der Waals surface area contributed by atoms with Crippen LogP contribution in [0.15, 0.2) is 48.7 Å². The SMILES string of the molecule is COc1ccccc1Oc1nc(N2CCC(C)CC2)nc2c1CN(Cc1ccccn1)CC2. The van der Waals surface area contributed by atoms with Crippen molar-refractivity contribution >= 4 is 5.95 Å². The molecule has 0 radical (unpaired) electrons. The lowest BCUT2D eigenvalue weighted by Gasteiger charge is -2.33. The Kier molecular flexibility index (Phi) is 6.39. The Bertz CT molecular complexity index is 1080. The zero-order valence-corrected chi connectivity index (χ0v) is 19.4. The van der Waals surface area contributed by atoms with Crippen LogP contribution in [0.3, 0.4) is 0 Å². The van der Waals surface area contributed by atoms with Crippen molar-refractivity contribution in [1.82, 2.24) is 19.9 Å². The molecule has 1 aromatic carbocycles. The lowest BCUT2D eigenvalue weighted by Crippen LogP contribution is -2.36. The molecule has 172 valence electrons. The zero-order valence-electron chi connectivity index (χ0n) is 19.4. The number of hydrogen-bond acceptors (Lipinski definition) is 7. The maximum atomic E-state index is 6.40. The predicted molar refractivity (Wildman–Crippen MR) is 128 cm³/mol. The van der Waals surface area contributed by atoms with Crippen molar-refractivity contribution in [3.8, 4) is 17.4 Å². The third kappa shape index (κ3) is 4.93. The molecule has 33 heavy (non-hydrogen) atoms. The minimum Gasteiger partial charge on any atom is -0.493 e. The van der Waals surface area contributed by atoms with Crippen molar-refractivity contribution in [3.05, 3.63) is 65.6 Å². The lowest BCUT2D eigenvalue weighted by molar-refractivity contribution is 0.235. The molecule has 2 aliphatic heterocycles. The normalized spacial score (nSPS) is 17.0. The number of methoxy groups -OCH3 is 1. The predicted octanol–water partition coefficient (Wildman–Crippen LogP) is 4.47. The molecule has 5 rings (SSSR count). The minimum atomic E-state index is 0.629. The van der Waals surface area contributed by atoms with Crippen LogP contribution >= 0.6 is 0 Å². The number of benzene rings is 1. The summed E-state index contributed by atoms with van der Waals surface area (Å²) in [6.45, 7) is 6.75. The van der Waals surface area contributed by atoms with Crippen molar-refractivity contribution in [2.45, 2.75) is 39.3 Å². The Morgan fingerprint density at radius 1 is 0.970 bits per heavy atom. The fourth-order valence-electron chi connectivity index (χ4n) is 4.52. The average molecular weight is 446 g/mol. The van der Waals surface area contributed by atoms with Gasteiger partial charge in [-0.05, 0) is 43.0 Å². The van der Waals surface area contributed by atoms with Crippen LogP contribution in [-0.2, 0) is 19.5 Å². The van der Waals surface area contributed by atoms with Crippen LogP contribution in [0.5, 0.6) is 17.4 Å². The van der Waals surface area contributed by atoms with Gasteiger partial charge in [-0.1, -0.05) is 25.1 Å². The number of anilines is 1. The molecule has 0 saturated carbocycles. The van der Waals surface area contributed by atoms with Crippen LogP contribution in [0.1, 0.15) is 36.7 Å². The van der Waals surface area contributed by atoms with E-state index in [0.717, 1.165) is 68.0 Å². The first kappa shape index (κ1) is 21.6. The Morgan fingerprint density at radius 3 is 2.52 bits per heavy atom. The largest absolute Gasteiger partial charge is 0.493 e. The van der Waals surface area contributed by atoms with Crippen molar-refractivity contribution < 1.29 is 9.47 Å². The van der Waals surface area contributed by atoms with Gasteiger partial charge in [-0.15, -0.1) is 0 Å². The highest BCUT2D eigenvalue weighted by atomic mass is 16.5. The summed E-state index contributed by atoms with van der Waals surface area (Å²) in [6.07, 6.45) is 5.05. The number of rotatable bonds is 6. The first-order chi connectivity index (χ1) is 16.2. The molecule has 2 aliphatic rings. The van der Waals surface area contributed by atoms with Crippen LogP contribution < -0.4 is 14.4 Å². The molecule has 0 amide bonds. The van der Waals surface area contributed by atoms with Crippen molar-refractivity contribution in [1.29, 1.82) is 0 Å². The molecule has 7 nitrogen and oxygen atoms in total. The fourth-order valence-corrected chi connectivity index (χ4v) is 4.52. The molecule has 1 saturated heterocycles. The van der Waals surface area contributed by atoms with E-state index in [4.69, 9.17) is 19.4 Å². The summed E-state index contributed by atoms with van der Waals surface area (Å²) < 4.78 is 11.9. The smallest absolute Gasteiger partial charge is 0.229 e. The van der Waals surface area contributed by atoms with E-state index in [1.54, 1.807) is 7.11 Å². The van der Waals surface area contributed by atoms with Gasteiger partial charge >= 0.3 is 0 Å².